The van der Waals surface area contributed by atoms with Crippen LogP contribution < -0.4 is 4.74 Å². The molecule has 2 rings (SSSR count). The number of rotatable bonds is 5. The zero-order valence-corrected chi connectivity index (χ0v) is 12.7. The van der Waals surface area contributed by atoms with Crippen LogP contribution in [0.1, 0.15) is 25.5 Å². The van der Waals surface area contributed by atoms with Crippen molar-refractivity contribution in [3.63, 3.8) is 0 Å². The third kappa shape index (κ3) is 3.07. The first-order chi connectivity index (χ1) is 9.45. The lowest BCUT2D eigenvalue weighted by atomic mass is 10.2. The highest BCUT2D eigenvalue weighted by Gasteiger charge is 2.18. The molecule has 0 saturated heterocycles. The van der Waals surface area contributed by atoms with Crippen molar-refractivity contribution in [3.8, 4) is 5.75 Å². The van der Waals surface area contributed by atoms with Crippen molar-refractivity contribution in [1.29, 1.82) is 0 Å². The van der Waals surface area contributed by atoms with E-state index in [9.17, 15) is 8.42 Å². The Balaban J connectivity index is 2.64. The van der Waals surface area contributed by atoms with Gasteiger partial charge in [0.05, 0.1) is 23.8 Å². The molecule has 2 aromatic rings. The standard InChI is InChI=1S/C14H18N2O3S/c1-4-5-6-12-14(20(3,17)18)16-11-8-7-10(19-2)9-13(11)15-12/h7-9H,4-6H2,1-3H3. The van der Waals surface area contributed by atoms with E-state index >= 15 is 0 Å². The summed E-state index contributed by atoms with van der Waals surface area (Å²) in [6, 6.07) is 5.23. The number of hydrogen-bond acceptors (Lipinski definition) is 5. The zero-order chi connectivity index (χ0) is 14.8. The lowest BCUT2D eigenvalue weighted by molar-refractivity contribution is 0.415. The Morgan fingerprint density at radius 3 is 2.55 bits per heavy atom. The molecule has 108 valence electrons. The van der Waals surface area contributed by atoms with Gasteiger partial charge < -0.3 is 4.74 Å². The van der Waals surface area contributed by atoms with Crippen molar-refractivity contribution in [2.45, 2.75) is 31.2 Å². The molecule has 1 aromatic heterocycles. The first kappa shape index (κ1) is 14.7. The van der Waals surface area contributed by atoms with Gasteiger partial charge in [-0.25, -0.2) is 18.4 Å². The summed E-state index contributed by atoms with van der Waals surface area (Å²) in [5.74, 6) is 0.681. The van der Waals surface area contributed by atoms with Crippen LogP contribution >= 0.6 is 0 Å². The molecule has 1 aromatic carbocycles. The number of methoxy groups -OCH3 is 1. The highest BCUT2D eigenvalue weighted by molar-refractivity contribution is 7.90. The third-order valence-corrected chi connectivity index (χ3v) is 4.05. The van der Waals surface area contributed by atoms with Gasteiger partial charge in [-0.3, -0.25) is 0 Å². The van der Waals surface area contributed by atoms with E-state index < -0.39 is 9.84 Å². The minimum Gasteiger partial charge on any atom is -0.497 e. The molecular weight excluding hydrogens is 276 g/mol. The van der Waals surface area contributed by atoms with E-state index in [0.717, 1.165) is 12.8 Å². The van der Waals surface area contributed by atoms with Gasteiger partial charge in [0, 0.05) is 12.3 Å². The van der Waals surface area contributed by atoms with Crippen LogP contribution in [0.3, 0.4) is 0 Å². The van der Waals surface area contributed by atoms with Gasteiger partial charge in [-0.2, -0.15) is 0 Å². The fourth-order valence-electron chi connectivity index (χ4n) is 1.99. The first-order valence-corrected chi connectivity index (χ1v) is 8.39. The molecule has 1 heterocycles. The summed E-state index contributed by atoms with van der Waals surface area (Å²) >= 11 is 0. The Morgan fingerprint density at radius 2 is 1.95 bits per heavy atom. The van der Waals surface area contributed by atoms with Crippen LogP contribution in [0.15, 0.2) is 23.2 Å². The van der Waals surface area contributed by atoms with E-state index in [4.69, 9.17) is 4.74 Å². The van der Waals surface area contributed by atoms with Crippen molar-refractivity contribution in [2.75, 3.05) is 13.4 Å². The number of fused-ring (bicyclic) bond motifs is 1. The maximum absolute atomic E-state index is 11.9. The van der Waals surface area contributed by atoms with Gasteiger partial charge in [0.15, 0.2) is 14.9 Å². The third-order valence-electron chi connectivity index (χ3n) is 3.03. The molecular formula is C14H18N2O3S. The Kier molecular flexibility index (Phi) is 4.23. The van der Waals surface area contributed by atoms with Gasteiger partial charge in [0.2, 0.25) is 0 Å². The van der Waals surface area contributed by atoms with Crippen LogP contribution in [0.5, 0.6) is 5.75 Å². The summed E-state index contributed by atoms with van der Waals surface area (Å²) < 4.78 is 28.9. The van der Waals surface area contributed by atoms with Gasteiger partial charge in [0.1, 0.15) is 5.75 Å². The summed E-state index contributed by atoms with van der Waals surface area (Å²) in [7, 11) is -1.80. The maximum atomic E-state index is 11.9. The summed E-state index contributed by atoms with van der Waals surface area (Å²) in [6.07, 6.45) is 3.63. The average molecular weight is 294 g/mol. The van der Waals surface area contributed by atoms with E-state index in [0.29, 0.717) is 28.9 Å². The predicted octanol–water partition coefficient (Wildman–Crippen LogP) is 2.38. The second-order valence-electron chi connectivity index (χ2n) is 4.71. The van der Waals surface area contributed by atoms with Crippen LogP contribution in [0, 0.1) is 0 Å². The molecule has 0 unspecified atom stereocenters. The van der Waals surface area contributed by atoms with Crippen LogP contribution in [0.25, 0.3) is 11.0 Å². The molecule has 6 heteroatoms. The Morgan fingerprint density at radius 1 is 1.20 bits per heavy atom. The molecule has 0 bridgehead atoms. The minimum atomic E-state index is -3.38. The van der Waals surface area contributed by atoms with Crippen molar-refractivity contribution >= 4 is 20.9 Å². The SMILES string of the molecule is CCCCc1nc2cc(OC)ccc2nc1S(C)(=O)=O. The van der Waals surface area contributed by atoms with Crippen LogP contribution in [0.2, 0.25) is 0 Å². The number of sulfone groups is 1. The topological polar surface area (TPSA) is 69.2 Å². The summed E-state index contributed by atoms with van der Waals surface area (Å²) in [6.45, 7) is 2.05. The molecule has 20 heavy (non-hydrogen) atoms. The lowest BCUT2D eigenvalue weighted by Gasteiger charge is -2.09. The van der Waals surface area contributed by atoms with Crippen molar-refractivity contribution in [2.24, 2.45) is 0 Å². The van der Waals surface area contributed by atoms with E-state index in [1.54, 1.807) is 25.3 Å². The van der Waals surface area contributed by atoms with Crippen LogP contribution in [-0.4, -0.2) is 31.8 Å². The molecule has 0 spiro atoms. The van der Waals surface area contributed by atoms with Crippen LogP contribution in [0.4, 0.5) is 0 Å². The van der Waals surface area contributed by atoms with Crippen molar-refractivity contribution in [1.82, 2.24) is 9.97 Å². The molecule has 0 fully saturated rings. The molecule has 5 nitrogen and oxygen atoms in total. The van der Waals surface area contributed by atoms with Gasteiger partial charge in [-0.15, -0.1) is 0 Å². The van der Waals surface area contributed by atoms with E-state index in [1.165, 1.54) is 6.26 Å². The minimum absolute atomic E-state index is 0.0867. The molecule has 0 aliphatic rings. The Hall–Kier alpha value is -1.69. The number of unbranched alkanes of at least 4 members (excludes halogenated alkanes) is 1. The predicted molar refractivity (Wildman–Crippen MR) is 77.8 cm³/mol. The number of aromatic nitrogens is 2. The second kappa shape index (κ2) is 5.75. The highest BCUT2D eigenvalue weighted by atomic mass is 32.2. The number of aryl methyl sites for hydroxylation is 1. The zero-order valence-electron chi connectivity index (χ0n) is 11.9. The Labute approximate surface area is 118 Å². The summed E-state index contributed by atoms with van der Waals surface area (Å²) in [5.41, 5.74) is 1.75. The Bertz CT molecular complexity index is 727. The molecule has 0 radical (unpaired) electrons. The van der Waals surface area contributed by atoms with E-state index in [1.807, 2.05) is 0 Å². The van der Waals surface area contributed by atoms with E-state index in [-0.39, 0.29) is 5.03 Å². The smallest absolute Gasteiger partial charge is 0.194 e. The highest BCUT2D eigenvalue weighted by Crippen LogP contribution is 2.22. The monoisotopic (exact) mass is 294 g/mol. The maximum Gasteiger partial charge on any atom is 0.194 e. The number of hydrogen-bond donors (Lipinski definition) is 0. The number of nitrogens with zero attached hydrogens (tertiary/aromatic N) is 2. The second-order valence-corrected chi connectivity index (χ2v) is 6.64. The first-order valence-electron chi connectivity index (χ1n) is 6.50. The molecule has 0 aliphatic heterocycles. The molecule has 0 amide bonds. The molecule has 0 N–H and O–H groups in total. The number of benzene rings is 1. The summed E-state index contributed by atoms with van der Waals surface area (Å²) in [5, 5.41) is 0.0867. The average Bonchev–Trinajstić information content (AvgIpc) is 2.42. The lowest BCUT2D eigenvalue weighted by Crippen LogP contribution is -2.08. The molecule has 0 aliphatic carbocycles. The summed E-state index contributed by atoms with van der Waals surface area (Å²) in [4.78, 5) is 8.73. The fourth-order valence-corrected chi connectivity index (χ4v) is 2.83. The van der Waals surface area contributed by atoms with Crippen molar-refractivity contribution in [3.05, 3.63) is 23.9 Å². The normalized spacial score (nSPS) is 11.8. The van der Waals surface area contributed by atoms with Gasteiger partial charge in [-0.05, 0) is 25.0 Å². The fraction of sp³-hybridized carbons (Fsp3) is 0.429. The molecule has 0 atom stereocenters. The quantitative estimate of drug-likeness (QED) is 0.847. The van der Waals surface area contributed by atoms with Crippen molar-refractivity contribution < 1.29 is 13.2 Å². The largest absolute Gasteiger partial charge is 0.497 e. The molecule has 0 saturated carbocycles. The number of ether oxygens (including phenoxy) is 1. The van der Waals surface area contributed by atoms with Gasteiger partial charge in [-0.1, -0.05) is 13.3 Å². The van der Waals surface area contributed by atoms with Crippen LogP contribution in [-0.2, 0) is 16.3 Å². The van der Waals surface area contributed by atoms with Gasteiger partial charge in [0.25, 0.3) is 0 Å². The van der Waals surface area contributed by atoms with Gasteiger partial charge >= 0.3 is 0 Å². The van der Waals surface area contributed by atoms with E-state index in [2.05, 4.69) is 16.9 Å².